The van der Waals surface area contributed by atoms with Gasteiger partial charge in [-0.2, -0.15) is 0 Å². The third kappa shape index (κ3) is 3.49. The fourth-order valence-corrected chi connectivity index (χ4v) is 2.57. The van der Waals surface area contributed by atoms with Gasteiger partial charge in [0.05, 0.1) is 0 Å². The maximum absolute atomic E-state index is 9.91. The summed E-state index contributed by atoms with van der Waals surface area (Å²) < 4.78 is 1.09. The molecule has 0 aliphatic rings. The summed E-state index contributed by atoms with van der Waals surface area (Å²) in [5.41, 5.74) is 7.61. The molecule has 0 spiro atoms. The number of nitrogens with two attached hydrogens (primary N) is 1. The van der Waals surface area contributed by atoms with Crippen molar-refractivity contribution in [2.45, 2.75) is 39.0 Å². The predicted molar refractivity (Wildman–Crippen MR) is 71.9 cm³/mol. The first-order valence-corrected chi connectivity index (χ1v) is 6.57. The van der Waals surface area contributed by atoms with Crippen molar-refractivity contribution in [3.8, 4) is 5.75 Å². The summed E-state index contributed by atoms with van der Waals surface area (Å²) >= 11 is 3.56. The van der Waals surface area contributed by atoms with E-state index in [1.165, 1.54) is 0 Å². The Bertz CT molecular complexity index is 350. The Labute approximate surface area is 106 Å². The predicted octanol–water partition coefficient (Wildman–Crippen LogP) is 3.56. The summed E-state index contributed by atoms with van der Waals surface area (Å²) in [6, 6.07) is 3.90. The van der Waals surface area contributed by atoms with Gasteiger partial charge in [-0.3, -0.25) is 0 Å². The topological polar surface area (TPSA) is 46.2 Å². The van der Waals surface area contributed by atoms with Crippen molar-refractivity contribution in [1.29, 1.82) is 0 Å². The molecule has 0 radical (unpaired) electrons. The number of hydrogen-bond acceptors (Lipinski definition) is 2. The molecule has 90 valence electrons. The van der Waals surface area contributed by atoms with Gasteiger partial charge in [-0.05, 0) is 55.0 Å². The zero-order chi connectivity index (χ0) is 12.1. The minimum Gasteiger partial charge on any atom is -0.508 e. The number of unbranched alkanes of at least 4 members (excludes halogenated alkanes) is 1. The second-order valence-electron chi connectivity index (χ2n) is 4.40. The third-order valence-corrected chi connectivity index (χ3v) is 3.41. The molecular formula is C13H20BrNO. The van der Waals surface area contributed by atoms with E-state index in [4.69, 9.17) is 5.73 Å². The average Bonchev–Trinajstić information content (AvgIpc) is 2.22. The molecule has 0 unspecified atom stereocenters. The van der Waals surface area contributed by atoms with E-state index >= 15 is 0 Å². The molecule has 0 aromatic heterocycles. The summed E-state index contributed by atoms with van der Waals surface area (Å²) in [5.74, 6) is 0.822. The van der Waals surface area contributed by atoms with Crippen LogP contribution in [0, 0.1) is 0 Å². The van der Waals surface area contributed by atoms with Gasteiger partial charge >= 0.3 is 0 Å². The Balaban J connectivity index is 2.84. The Hall–Kier alpha value is -0.540. The molecular weight excluding hydrogens is 266 g/mol. The number of rotatable bonds is 5. The number of phenolic OH excluding ortho intramolecular Hbond substituents is 1. The van der Waals surface area contributed by atoms with Crippen LogP contribution < -0.4 is 5.73 Å². The molecule has 0 amide bonds. The quantitative estimate of drug-likeness (QED) is 0.813. The van der Waals surface area contributed by atoms with E-state index in [0.29, 0.717) is 18.2 Å². The first-order valence-electron chi connectivity index (χ1n) is 5.77. The Kier molecular flexibility index (Phi) is 5.29. The molecule has 16 heavy (non-hydrogen) atoms. The highest BCUT2D eigenvalue weighted by atomic mass is 79.9. The maximum atomic E-state index is 9.91. The number of aromatic hydroxyl groups is 1. The molecule has 3 N–H and O–H groups in total. The molecule has 0 heterocycles. The Morgan fingerprint density at radius 3 is 2.56 bits per heavy atom. The van der Waals surface area contributed by atoms with Crippen molar-refractivity contribution in [3.05, 3.63) is 27.7 Å². The largest absolute Gasteiger partial charge is 0.508 e. The third-order valence-electron chi connectivity index (χ3n) is 2.72. The van der Waals surface area contributed by atoms with Crippen LogP contribution in [0.1, 0.15) is 43.7 Å². The molecule has 0 aliphatic carbocycles. The van der Waals surface area contributed by atoms with Gasteiger partial charge in [-0.15, -0.1) is 0 Å². The number of phenols is 1. The van der Waals surface area contributed by atoms with Gasteiger partial charge in [0, 0.05) is 4.47 Å². The van der Waals surface area contributed by atoms with Crippen molar-refractivity contribution < 1.29 is 5.11 Å². The van der Waals surface area contributed by atoms with E-state index in [2.05, 4.69) is 29.8 Å². The zero-order valence-electron chi connectivity index (χ0n) is 9.96. The van der Waals surface area contributed by atoms with Crippen LogP contribution in [0.2, 0.25) is 0 Å². The lowest BCUT2D eigenvalue weighted by molar-refractivity contribution is 0.465. The van der Waals surface area contributed by atoms with Crippen LogP contribution in [-0.2, 0) is 6.42 Å². The smallest absolute Gasteiger partial charge is 0.119 e. The summed E-state index contributed by atoms with van der Waals surface area (Å²) in [6.07, 6.45) is 2.92. The second kappa shape index (κ2) is 6.26. The molecule has 1 rings (SSSR count). The van der Waals surface area contributed by atoms with Gasteiger partial charge in [-0.25, -0.2) is 0 Å². The number of hydrogen-bond donors (Lipinski definition) is 2. The summed E-state index contributed by atoms with van der Waals surface area (Å²) in [7, 11) is 0. The zero-order valence-corrected chi connectivity index (χ0v) is 11.5. The van der Waals surface area contributed by atoms with Crippen LogP contribution in [0.5, 0.6) is 5.75 Å². The van der Waals surface area contributed by atoms with E-state index in [0.717, 1.165) is 34.9 Å². The van der Waals surface area contributed by atoms with Crippen molar-refractivity contribution >= 4 is 15.9 Å². The first-order chi connectivity index (χ1) is 7.56. The molecule has 1 aromatic carbocycles. The maximum Gasteiger partial charge on any atom is 0.119 e. The monoisotopic (exact) mass is 285 g/mol. The normalized spacial score (nSPS) is 11.1. The van der Waals surface area contributed by atoms with Crippen LogP contribution >= 0.6 is 15.9 Å². The molecule has 0 bridgehead atoms. The summed E-state index contributed by atoms with van der Waals surface area (Å²) in [4.78, 5) is 0. The molecule has 2 nitrogen and oxygen atoms in total. The van der Waals surface area contributed by atoms with Crippen molar-refractivity contribution in [3.63, 3.8) is 0 Å². The summed E-state index contributed by atoms with van der Waals surface area (Å²) in [5, 5.41) is 9.91. The standard InChI is InChI=1S/C13H20BrNO/c1-9(2)11-8-13(16)10(7-12(11)14)5-3-4-6-15/h7-9,16H,3-6,15H2,1-2H3. The number of benzene rings is 1. The number of aryl methyl sites for hydroxylation is 1. The summed E-state index contributed by atoms with van der Waals surface area (Å²) in [6.45, 7) is 4.95. The highest BCUT2D eigenvalue weighted by Gasteiger charge is 2.10. The highest BCUT2D eigenvalue weighted by Crippen LogP contribution is 2.32. The molecule has 3 heteroatoms. The molecule has 0 atom stereocenters. The molecule has 0 saturated heterocycles. The number of halogens is 1. The highest BCUT2D eigenvalue weighted by molar-refractivity contribution is 9.10. The SMILES string of the molecule is CC(C)c1cc(O)c(CCCCN)cc1Br. The van der Waals surface area contributed by atoms with Crippen molar-refractivity contribution in [2.75, 3.05) is 6.54 Å². The molecule has 1 aromatic rings. The van der Waals surface area contributed by atoms with E-state index < -0.39 is 0 Å². The van der Waals surface area contributed by atoms with Crippen LogP contribution in [0.4, 0.5) is 0 Å². The minimum absolute atomic E-state index is 0.406. The Morgan fingerprint density at radius 2 is 2.00 bits per heavy atom. The molecule has 0 fully saturated rings. The fraction of sp³-hybridized carbons (Fsp3) is 0.538. The van der Waals surface area contributed by atoms with E-state index in [1.807, 2.05) is 12.1 Å². The van der Waals surface area contributed by atoms with Gasteiger partial charge in [0.25, 0.3) is 0 Å². The van der Waals surface area contributed by atoms with E-state index in [1.54, 1.807) is 0 Å². The van der Waals surface area contributed by atoms with Crippen LogP contribution in [0.3, 0.4) is 0 Å². The van der Waals surface area contributed by atoms with Crippen LogP contribution in [0.15, 0.2) is 16.6 Å². The first kappa shape index (κ1) is 13.5. The van der Waals surface area contributed by atoms with Gasteiger partial charge in [-0.1, -0.05) is 29.8 Å². The van der Waals surface area contributed by atoms with E-state index in [9.17, 15) is 5.11 Å². The lowest BCUT2D eigenvalue weighted by Crippen LogP contribution is -1.99. The average molecular weight is 286 g/mol. The van der Waals surface area contributed by atoms with Gasteiger partial charge in [0.15, 0.2) is 0 Å². The lowest BCUT2D eigenvalue weighted by atomic mass is 9.99. The van der Waals surface area contributed by atoms with Gasteiger partial charge in [0.2, 0.25) is 0 Å². The molecule has 0 aliphatic heterocycles. The van der Waals surface area contributed by atoms with E-state index in [-0.39, 0.29) is 0 Å². The minimum atomic E-state index is 0.406. The van der Waals surface area contributed by atoms with Gasteiger partial charge in [0.1, 0.15) is 5.75 Å². The molecule has 0 saturated carbocycles. The van der Waals surface area contributed by atoms with Crippen molar-refractivity contribution in [2.24, 2.45) is 5.73 Å². The second-order valence-corrected chi connectivity index (χ2v) is 5.26. The van der Waals surface area contributed by atoms with Gasteiger partial charge < -0.3 is 10.8 Å². The Morgan fingerprint density at radius 1 is 1.31 bits per heavy atom. The van der Waals surface area contributed by atoms with Crippen molar-refractivity contribution in [1.82, 2.24) is 0 Å². The lowest BCUT2D eigenvalue weighted by Gasteiger charge is -2.12. The fourth-order valence-electron chi connectivity index (χ4n) is 1.72. The van der Waals surface area contributed by atoms with Crippen LogP contribution in [-0.4, -0.2) is 11.7 Å². The van der Waals surface area contributed by atoms with Crippen LogP contribution in [0.25, 0.3) is 0 Å².